The zero-order valence-electron chi connectivity index (χ0n) is 7.92. The van der Waals surface area contributed by atoms with Crippen molar-refractivity contribution in [2.45, 2.75) is 6.92 Å². The second-order valence-electron chi connectivity index (χ2n) is 3.21. The molecule has 0 fully saturated rings. The molecule has 0 aliphatic rings. The van der Waals surface area contributed by atoms with E-state index in [0.29, 0.717) is 0 Å². The second kappa shape index (κ2) is 3.97. The molecule has 2 aromatic carbocycles. The molecular formula is C13H10Br. The molecule has 0 atom stereocenters. The Bertz CT molecular complexity index is 432. The minimum atomic E-state index is 1.01. The van der Waals surface area contributed by atoms with Crippen LogP contribution < -0.4 is 0 Å². The zero-order chi connectivity index (χ0) is 9.97. The fraction of sp³-hybridized carbons (Fsp3) is 0.0769. The van der Waals surface area contributed by atoms with Crippen LogP contribution in [-0.4, -0.2) is 0 Å². The Balaban J connectivity index is 2.53. The van der Waals surface area contributed by atoms with E-state index < -0.39 is 0 Å². The average Bonchev–Trinajstić information content (AvgIpc) is 2.19. The molecule has 0 unspecified atom stereocenters. The summed E-state index contributed by atoms with van der Waals surface area (Å²) in [7, 11) is 0. The van der Waals surface area contributed by atoms with E-state index in [9.17, 15) is 0 Å². The van der Waals surface area contributed by atoms with Crippen LogP contribution in [-0.2, 0) is 0 Å². The number of rotatable bonds is 1. The monoisotopic (exact) mass is 245 g/mol. The molecular weight excluding hydrogens is 236 g/mol. The third kappa shape index (κ3) is 1.88. The molecule has 0 spiro atoms. The van der Waals surface area contributed by atoms with E-state index in [1.165, 1.54) is 16.7 Å². The summed E-state index contributed by atoms with van der Waals surface area (Å²) in [6, 6.07) is 17.8. The lowest BCUT2D eigenvalue weighted by Gasteiger charge is -2.05. The molecule has 0 N–H and O–H groups in total. The highest BCUT2D eigenvalue weighted by Crippen LogP contribution is 2.25. The first-order valence-electron chi connectivity index (χ1n) is 4.51. The number of aryl methyl sites for hydroxylation is 1. The minimum Gasteiger partial charge on any atom is -0.0622 e. The lowest BCUT2D eigenvalue weighted by molar-refractivity contribution is 1.43. The standard InChI is InChI=1S/C13H10Br/c1-10-9-12(14)7-8-13(10)11-5-3-2-4-6-11/h2-8H,1H3. The van der Waals surface area contributed by atoms with E-state index in [0.717, 1.165) is 4.47 Å². The van der Waals surface area contributed by atoms with Crippen LogP contribution in [0.2, 0.25) is 0 Å². The van der Waals surface area contributed by atoms with Gasteiger partial charge >= 0.3 is 0 Å². The zero-order valence-corrected chi connectivity index (χ0v) is 9.51. The molecule has 0 nitrogen and oxygen atoms in total. The summed E-state index contributed by atoms with van der Waals surface area (Å²) in [6.45, 7) is 2.08. The van der Waals surface area contributed by atoms with Crippen LogP contribution in [0.1, 0.15) is 5.56 Å². The number of hydrogen-bond acceptors (Lipinski definition) is 0. The predicted octanol–water partition coefficient (Wildman–Crippen LogP) is 4.22. The van der Waals surface area contributed by atoms with Gasteiger partial charge in [-0.3, -0.25) is 0 Å². The molecule has 1 radical (unpaired) electrons. The van der Waals surface area contributed by atoms with Crippen LogP contribution in [0.3, 0.4) is 0 Å². The molecule has 0 aliphatic heterocycles. The molecule has 0 heterocycles. The normalized spacial score (nSPS) is 10.1. The number of hydrogen-bond donors (Lipinski definition) is 0. The Hall–Kier alpha value is -1.08. The fourth-order valence-corrected chi connectivity index (χ4v) is 1.93. The van der Waals surface area contributed by atoms with Gasteiger partial charge in [-0.1, -0.05) is 52.3 Å². The molecule has 0 amide bonds. The summed E-state index contributed by atoms with van der Waals surface area (Å²) in [5.74, 6) is 0. The van der Waals surface area contributed by atoms with Gasteiger partial charge in [0.15, 0.2) is 0 Å². The van der Waals surface area contributed by atoms with Gasteiger partial charge in [-0.25, -0.2) is 0 Å². The van der Waals surface area contributed by atoms with E-state index in [-0.39, 0.29) is 0 Å². The molecule has 0 saturated heterocycles. The van der Waals surface area contributed by atoms with Crippen molar-refractivity contribution in [3.8, 4) is 11.1 Å². The number of halogens is 1. The summed E-state index contributed by atoms with van der Waals surface area (Å²) in [4.78, 5) is 0. The summed E-state index contributed by atoms with van der Waals surface area (Å²) < 4.78 is 1.01. The highest BCUT2D eigenvalue weighted by atomic mass is 79.9. The molecule has 69 valence electrons. The highest BCUT2D eigenvalue weighted by Gasteiger charge is 2.00. The molecule has 2 rings (SSSR count). The van der Waals surface area contributed by atoms with Crippen molar-refractivity contribution in [2.24, 2.45) is 0 Å². The maximum absolute atomic E-state index is 3.41. The van der Waals surface area contributed by atoms with Gasteiger partial charge in [0.2, 0.25) is 0 Å². The van der Waals surface area contributed by atoms with E-state index in [1.807, 2.05) is 12.1 Å². The first kappa shape index (κ1) is 9.47. The molecule has 1 heteroatoms. The van der Waals surface area contributed by atoms with Crippen LogP contribution in [0.5, 0.6) is 0 Å². The molecule has 0 bridgehead atoms. The van der Waals surface area contributed by atoms with Crippen molar-refractivity contribution >= 4 is 15.9 Å². The van der Waals surface area contributed by atoms with Gasteiger partial charge in [0.1, 0.15) is 0 Å². The Kier molecular flexibility index (Phi) is 2.69. The van der Waals surface area contributed by atoms with E-state index in [1.54, 1.807) is 0 Å². The maximum Gasteiger partial charge on any atom is 0.0257 e. The Morgan fingerprint density at radius 1 is 1.00 bits per heavy atom. The average molecular weight is 246 g/mol. The van der Waals surface area contributed by atoms with Crippen LogP contribution in [0, 0.1) is 13.0 Å². The second-order valence-corrected chi connectivity index (χ2v) is 4.07. The van der Waals surface area contributed by atoms with Crippen molar-refractivity contribution in [1.82, 2.24) is 0 Å². The third-order valence-electron chi connectivity index (χ3n) is 2.19. The van der Waals surface area contributed by atoms with Crippen LogP contribution >= 0.6 is 15.9 Å². The third-order valence-corrected chi connectivity index (χ3v) is 2.65. The van der Waals surface area contributed by atoms with Gasteiger partial charge < -0.3 is 0 Å². The largest absolute Gasteiger partial charge is 0.0622 e. The van der Waals surface area contributed by atoms with E-state index in [2.05, 4.69) is 59.3 Å². The quantitative estimate of drug-likeness (QED) is 0.706. The van der Waals surface area contributed by atoms with Gasteiger partial charge in [0.05, 0.1) is 0 Å². The SMILES string of the molecule is Cc1[c]c(Br)ccc1-c1ccccc1. The van der Waals surface area contributed by atoms with E-state index in [4.69, 9.17) is 0 Å². The molecule has 0 aromatic heterocycles. The van der Waals surface area contributed by atoms with Crippen LogP contribution in [0.15, 0.2) is 46.9 Å². The molecule has 0 saturated carbocycles. The maximum atomic E-state index is 3.41. The number of benzene rings is 2. The summed E-state index contributed by atoms with van der Waals surface area (Å²) in [6.07, 6.45) is 0. The van der Waals surface area contributed by atoms with E-state index >= 15 is 0 Å². The first-order chi connectivity index (χ1) is 6.77. The van der Waals surface area contributed by atoms with Gasteiger partial charge in [-0.15, -0.1) is 0 Å². The Morgan fingerprint density at radius 2 is 1.71 bits per heavy atom. The van der Waals surface area contributed by atoms with Gasteiger partial charge in [-0.2, -0.15) is 0 Å². The minimum absolute atomic E-state index is 1.01. The smallest absolute Gasteiger partial charge is 0.0257 e. The highest BCUT2D eigenvalue weighted by molar-refractivity contribution is 9.10. The van der Waals surface area contributed by atoms with Gasteiger partial charge in [-0.05, 0) is 29.7 Å². The van der Waals surface area contributed by atoms with Crippen LogP contribution in [0.4, 0.5) is 0 Å². The molecule has 14 heavy (non-hydrogen) atoms. The lowest BCUT2D eigenvalue weighted by atomic mass is 10.0. The predicted molar refractivity (Wildman–Crippen MR) is 63.2 cm³/mol. The van der Waals surface area contributed by atoms with Crippen LogP contribution in [0.25, 0.3) is 11.1 Å². The van der Waals surface area contributed by atoms with Gasteiger partial charge in [0.25, 0.3) is 0 Å². The topological polar surface area (TPSA) is 0 Å². The summed E-state index contributed by atoms with van der Waals surface area (Å²) >= 11 is 3.41. The summed E-state index contributed by atoms with van der Waals surface area (Å²) in [5, 5.41) is 0. The molecule has 0 aliphatic carbocycles. The summed E-state index contributed by atoms with van der Waals surface area (Å²) in [5.41, 5.74) is 3.66. The van der Waals surface area contributed by atoms with Crippen molar-refractivity contribution < 1.29 is 0 Å². The molecule has 2 aromatic rings. The van der Waals surface area contributed by atoms with Crippen molar-refractivity contribution in [1.29, 1.82) is 0 Å². The fourth-order valence-electron chi connectivity index (χ4n) is 1.50. The van der Waals surface area contributed by atoms with Crippen molar-refractivity contribution in [2.75, 3.05) is 0 Å². The van der Waals surface area contributed by atoms with Crippen molar-refractivity contribution in [3.63, 3.8) is 0 Å². The lowest BCUT2D eigenvalue weighted by Crippen LogP contribution is -1.82. The van der Waals surface area contributed by atoms with Gasteiger partial charge in [0, 0.05) is 10.5 Å². The Morgan fingerprint density at radius 3 is 2.36 bits per heavy atom. The van der Waals surface area contributed by atoms with Crippen molar-refractivity contribution in [3.05, 3.63) is 58.6 Å². The first-order valence-corrected chi connectivity index (χ1v) is 5.30. The Labute approximate surface area is 92.7 Å².